The van der Waals surface area contributed by atoms with Crippen LogP contribution in [-0.2, 0) is 16.0 Å². The van der Waals surface area contributed by atoms with Crippen LogP contribution in [0.5, 0.6) is 0 Å². The van der Waals surface area contributed by atoms with Crippen LogP contribution < -0.4 is 10.3 Å². The van der Waals surface area contributed by atoms with Gasteiger partial charge in [-0.1, -0.05) is 18.2 Å². The molecule has 3 rings (SSSR count). The van der Waals surface area contributed by atoms with Crippen LogP contribution in [0.25, 0.3) is 0 Å². The zero-order chi connectivity index (χ0) is 18.4. The Labute approximate surface area is 154 Å². The van der Waals surface area contributed by atoms with Gasteiger partial charge in [0.25, 0.3) is 0 Å². The maximum atomic E-state index is 12.0. The van der Waals surface area contributed by atoms with E-state index in [1.165, 1.54) is 23.6 Å². The molecule has 0 spiro atoms. The van der Waals surface area contributed by atoms with Crippen LogP contribution in [-0.4, -0.2) is 54.5 Å². The molecule has 1 aliphatic heterocycles. The van der Waals surface area contributed by atoms with Crippen LogP contribution >= 0.6 is 11.3 Å². The fourth-order valence-corrected chi connectivity index (χ4v) is 3.34. The van der Waals surface area contributed by atoms with E-state index >= 15 is 0 Å². The smallest absolute Gasteiger partial charge is 0.336 e. The average molecular weight is 374 g/mol. The van der Waals surface area contributed by atoms with E-state index in [-0.39, 0.29) is 17.9 Å². The van der Waals surface area contributed by atoms with E-state index in [1.54, 1.807) is 18.2 Å². The first-order valence-corrected chi connectivity index (χ1v) is 8.93. The molecular formula is C17H18N4O4S. The number of aromatic carboxylic acids is 1. The summed E-state index contributed by atoms with van der Waals surface area (Å²) in [6, 6.07) is 6.44. The van der Waals surface area contributed by atoms with Gasteiger partial charge in [0, 0.05) is 24.0 Å². The molecule has 0 atom stereocenters. The van der Waals surface area contributed by atoms with E-state index in [1.807, 2.05) is 5.38 Å². The summed E-state index contributed by atoms with van der Waals surface area (Å²) >= 11 is 1.50. The molecule has 1 fully saturated rings. The van der Waals surface area contributed by atoms with Crippen LogP contribution in [0.1, 0.15) is 21.6 Å². The van der Waals surface area contributed by atoms with E-state index < -0.39 is 5.97 Å². The Morgan fingerprint density at radius 3 is 2.88 bits per heavy atom. The number of benzene rings is 1. The van der Waals surface area contributed by atoms with E-state index in [0.717, 1.165) is 18.2 Å². The third-order valence-corrected chi connectivity index (χ3v) is 4.70. The van der Waals surface area contributed by atoms with Gasteiger partial charge in [-0.05, 0) is 6.07 Å². The predicted octanol–water partition coefficient (Wildman–Crippen LogP) is 1.37. The first-order valence-electron chi connectivity index (χ1n) is 8.05. The van der Waals surface area contributed by atoms with Crippen molar-refractivity contribution >= 4 is 34.6 Å². The minimum Gasteiger partial charge on any atom is -0.478 e. The number of hydrazone groups is 1. The quantitative estimate of drug-likeness (QED) is 0.585. The van der Waals surface area contributed by atoms with Gasteiger partial charge >= 0.3 is 5.97 Å². The fourth-order valence-electron chi connectivity index (χ4n) is 2.46. The number of amides is 1. The Bertz CT molecular complexity index is 815. The molecular weight excluding hydrogens is 356 g/mol. The summed E-state index contributed by atoms with van der Waals surface area (Å²) in [6.07, 6.45) is 1.43. The Kier molecular flexibility index (Phi) is 5.92. The molecule has 1 aromatic carbocycles. The lowest BCUT2D eigenvalue weighted by Gasteiger charge is -2.26. The highest BCUT2D eigenvalue weighted by atomic mass is 32.1. The molecule has 2 heterocycles. The molecule has 1 amide bonds. The molecule has 136 valence electrons. The fraction of sp³-hybridized carbons (Fsp3) is 0.294. The highest BCUT2D eigenvalue weighted by molar-refractivity contribution is 7.13. The number of aromatic nitrogens is 1. The molecule has 0 unspecified atom stereocenters. The summed E-state index contributed by atoms with van der Waals surface area (Å²) in [4.78, 5) is 29.7. The standard InChI is InChI=1S/C17H18N4O4S/c22-15(20-18-10-12-3-1-2-4-14(12)16(23)24)9-13-11-26-17(19-13)21-5-7-25-8-6-21/h1-4,10-11H,5-9H2,(H,20,22)(H,23,24)/b18-10-. The van der Waals surface area contributed by atoms with Crippen molar-refractivity contribution < 1.29 is 19.4 Å². The average Bonchev–Trinajstić information content (AvgIpc) is 3.11. The Balaban J connectivity index is 1.55. The Morgan fingerprint density at radius 1 is 1.35 bits per heavy atom. The number of thiazole rings is 1. The maximum Gasteiger partial charge on any atom is 0.336 e. The molecule has 26 heavy (non-hydrogen) atoms. The highest BCUT2D eigenvalue weighted by Crippen LogP contribution is 2.21. The normalized spacial score (nSPS) is 14.5. The van der Waals surface area contributed by atoms with E-state index in [0.29, 0.717) is 24.5 Å². The van der Waals surface area contributed by atoms with Gasteiger partial charge in [-0.2, -0.15) is 5.10 Å². The van der Waals surface area contributed by atoms with Crippen molar-refractivity contribution in [3.63, 3.8) is 0 Å². The second-order valence-corrected chi connectivity index (χ2v) is 6.42. The van der Waals surface area contributed by atoms with Gasteiger partial charge in [0.2, 0.25) is 5.91 Å². The van der Waals surface area contributed by atoms with Gasteiger partial charge in [-0.3, -0.25) is 4.79 Å². The summed E-state index contributed by atoms with van der Waals surface area (Å²) in [6.45, 7) is 2.96. The summed E-state index contributed by atoms with van der Waals surface area (Å²) in [5.74, 6) is -1.36. The van der Waals surface area contributed by atoms with Crippen LogP contribution in [0.4, 0.5) is 5.13 Å². The van der Waals surface area contributed by atoms with Gasteiger partial charge in [0.1, 0.15) is 0 Å². The lowest BCUT2D eigenvalue weighted by Crippen LogP contribution is -2.36. The molecule has 1 saturated heterocycles. The molecule has 2 aromatic rings. The number of hydrogen-bond donors (Lipinski definition) is 2. The van der Waals surface area contributed by atoms with Crippen molar-refractivity contribution in [3.05, 3.63) is 46.5 Å². The van der Waals surface area contributed by atoms with Gasteiger partial charge in [-0.15, -0.1) is 11.3 Å². The number of nitrogens with zero attached hydrogens (tertiary/aromatic N) is 3. The number of carboxylic acid groups (broad SMARTS) is 1. The molecule has 0 aliphatic carbocycles. The molecule has 8 nitrogen and oxygen atoms in total. The van der Waals surface area contributed by atoms with Crippen LogP contribution in [0.3, 0.4) is 0 Å². The van der Waals surface area contributed by atoms with E-state index in [4.69, 9.17) is 9.84 Å². The molecule has 1 aromatic heterocycles. The van der Waals surface area contributed by atoms with Crippen molar-refractivity contribution in [2.24, 2.45) is 5.10 Å². The van der Waals surface area contributed by atoms with Gasteiger partial charge in [0.05, 0.1) is 37.1 Å². The second kappa shape index (κ2) is 8.54. The topological polar surface area (TPSA) is 104 Å². The first-order chi connectivity index (χ1) is 12.6. The molecule has 0 bridgehead atoms. The number of carbonyl (C=O) groups excluding carboxylic acids is 1. The molecule has 2 N–H and O–H groups in total. The Hall–Kier alpha value is -2.78. The van der Waals surface area contributed by atoms with Crippen LogP contribution in [0.15, 0.2) is 34.7 Å². The third kappa shape index (κ3) is 4.64. The number of anilines is 1. The van der Waals surface area contributed by atoms with Gasteiger partial charge in [0.15, 0.2) is 5.13 Å². The summed E-state index contributed by atoms with van der Waals surface area (Å²) in [5.41, 5.74) is 3.62. The molecule has 0 saturated carbocycles. The first kappa shape index (κ1) is 18.0. The SMILES string of the molecule is O=C(Cc1csc(N2CCOCC2)n1)N/N=C\c1ccccc1C(=O)O. The van der Waals surface area contributed by atoms with Crippen molar-refractivity contribution in [1.29, 1.82) is 0 Å². The van der Waals surface area contributed by atoms with Crippen molar-refractivity contribution in [2.75, 3.05) is 31.2 Å². The second-order valence-electron chi connectivity index (χ2n) is 5.58. The molecule has 9 heteroatoms. The number of rotatable bonds is 6. The zero-order valence-corrected chi connectivity index (χ0v) is 14.7. The summed E-state index contributed by atoms with van der Waals surface area (Å²) < 4.78 is 5.31. The number of hydrogen-bond acceptors (Lipinski definition) is 7. The summed E-state index contributed by atoms with van der Waals surface area (Å²) in [7, 11) is 0. The minimum atomic E-state index is -1.04. The Morgan fingerprint density at radius 2 is 2.12 bits per heavy atom. The molecule has 0 radical (unpaired) electrons. The van der Waals surface area contributed by atoms with Crippen LogP contribution in [0, 0.1) is 0 Å². The lowest BCUT2D eigenvalue weighted by atomic mass is 10.1. The summed E-state index contributed by atoms with van der Waals surface area (Å²) in [5, 5.41) is 15.7. The lowest BCUT2D eigenvalue weighted by molar-refractivity contribution is -0.120. The number of carboxylic acids is 1. The van der Waals surface area contributed by atoms with Crippen LogP contribution in [0.2, 0.25) is 0 Å². The van der Waals surface area contributed by atoms with Crippen molar-refractivity contribution in [2.45, 2.75) is 6.42 Å². The van der Waals surface area contributed by atoms with Gasteiger partial charge in [-0.25, -0.2) is 15.2 Å². The third-order valence-electron chi connectivity index (χ3n) is 3.75. The number of carbonyl (C=O) groups is 2. The monoisotopic (exact) mass is 374 g/mol. The van der Waals surface area contributed by atoms with Crippen molar-refractivity contribution in [1.82, 2.24) is 10.4 Å². The maximum absolute atomic E-state index is 12.0. The number of morpholine rings is 1. The zero-order valence-electron chi connectivity index (χ0n) is 13.9. The van der Waals surface area contributed by atoms with E-state index in [2.05, 4.69) is 20.4 Å². The van der Waals surface area contributed by atoms with Crippen molar-refractivity contribution in [3.8, 4) is 0 Å². The predicted molar refractivity (Wildman–Crippen MR) is 98.0 cm³/mol. The van der Waals surface area contributed by atoms with E-state index in [9.17, 15) is 9.59 Å². The number of ether oxygens (including phenoxy) is 1. The van der Waals surface area contributed by atoms with Gasteiger partial charge < -0.3 is 14.7 Å². The highest BCUT2D eigenvalue weighted by Gasteiger charge is 2.15. The minimum absolute atomic E-state index is 0.110. The number of nitrogens with one attached hydrogen (secondary N) is 1. The largest absolute Gasteiger partial charge is 0.478 e. The molecule has 1 aliphatic rings.